The third kappa shape index (κ3) is 3.19. The van der Waals surface area contributed by atoms with E-state index in [0.29, 0.717) is 18.1 Å². The van der Waals surface area contributed by atoms with Crippen molar-refractivity contribution in [1.82, 2.24) is 9.97 Å². The molecule has 1 amide bonds. The molecule has 6 heteroatoms. The number of primary amides is 1. The molecule has 2 rings (SSSR count). The van der Waals surface area contributed by atoms with Crippen molar-refractivity contribution in [1.29, 1.82) is 0 Å². The number of amides is 1. The molecule has 0 saturated heterocycles. The van der Waals surface area contributed by atoms with Crippen molar-refractivity contribution in [2.45, 2.75) is 13.5 Å². The summed E-state index contributed by atoms with van der Waals surface area (Å²) in [5.41, 5.74) is 13.3. The van der Waals surface area contributed by atoms with Crippen LogP contribution in [0.3, 0.4) is 0 Å². The Kier molecular flexibility index (Phi) is 3.61. The lowest BCUT2D eigenvalue weighted by molar-refractivity contribution is 0.100. The van der Waals surface area contributed by atoms with Crippen LogP contribution in [0.2, 0.25) is 0 Å². The lowest BCUT2D eigenvalue weighted by atomic mass is 10.2. The number of nitrogens with two attached hydrogens (primary N) is 2. The molecule has 0 saturated carbocycles. The first-order valence-corrected chi connectivity index (χ1v) is 5.78. The summed E-state index contributed by atoms with van der Waals surface area (Å²) in [5, 5.41) is 3.04. The molecule has 0 aliphatic carbocycles. The standard InChI is InChI=1S/C13H15N5O/c1-8-3-2-4-10(18-8)7-17-13-11(12(15)19)5-9(14)6-16-13/h2-6H,7,14H2,1H3,(H2,15,19)(H,16,17). The molecular formula is C13H15N5O. The van der Waals surface area contributed by atoms with E-state index in [2.05, 4.69) is 15.3 Å². The molecule has 6 nitrogen and oxygen atoms in total. The summed E-state index contributed by atoms with van der Waals surface area (Å²) < 4.78 is 0. The maximum absolute atomic E-state index is 11.3. The molecule has 0 aliphatic rings. The quantitative estimate of drug-likeness (QED) is 0.759. The zero-order valence-corrected chi connectivity index (χ0v) is 10.6. The van der Waals surface area contributed by atoms with Gasteiger partial charge >= 0.3 is 0 Å². The van der Waals surface area contributed by atoms with Gasteiger partial charge in [0.05, 0.1) is 29.7 Å². The molecule has 0 fully saturated rings. The predicted octanol–water partition coefficient (Wildman–Crippen LogP) is 1.08. The SMILES string of the molecule is Cc1cccc(CNc2ncc(N)cc2C(N)=O)n1. The summed E-state index contributed by atoms with van der Waals surface area (Å²) in [6, 6.07) is 7.23. The van der Waals surface area contributed by atoms with Gasteiger partial charge in [-0.1, -0.05) is 6.07 Å². The van der Waals surface area contributed by atoms with Crippen LogP contribution in [0.4, 0.5) is 11.5 Å². The Morgan fingerprint density at radius 1 is 1.42 bits per heavy atom. The van der Waals surface area contributed by atoms with Crippen LogP contribution in [-0.4, -0.2) is 15.9 Å². The highest BCUT2D eigenvalue weighted by Gasteiger charge is 2.10. The van der Waals surface area contributed by atoms with Gasteiger partial charge in [-0.25, -0.2) is 4.98 Å². The second kappa shape index (κ2) is 5.34. The Hall–Kier alpha value is -2.63. The normalized spacial score (nSPS) is 10.2. The van der Waals surface area contributed by atoms with Crippen LogP contribution in [0.15, 0.2) is 30.5 Å². The second-order valence-corrected chi connectivity index (χ2v) is 4.15. The van der Waals surface area contributed by atoms with Gasteiger partial charge in [-0.3, -0.25) is 9.78 Å². The fraction of sp³-hybridized carbons (Fsp3) is 0.154. The molecule has 0 aromatic carbocycles. The van der Waals surface area contributed by atoms with Gasteiger partial charge in [-0.2, -0.15) is 0 Å². The number of nitrogens with one attached hydrogen (secondary N) is 1. The summed E-state index contributed by atoms with van der Waals surface area (Å²) in [6.45, 7) is 2.37. The highest BCUT2D eigenvalue weighted by molar-refractivity contribution is 5.98. The largest absolute Gasteiger partial charge is 0.397 e. The summed E-state index contributed by atoms with van der Waals surface area (Å²) >= 11 is 0. The zero-order chi connectivity index (χ0) is 13.8. The highest BCUT2D eigenvalue weighted by atomic mass is 16.1. The monoisotopic (exact) mass is 257 g/mol. The van der Waals surface area contributed by atoms with Crippen molar-refractivity contribution >= 4 is 17.4 Å². The Labute approximate surface area is 110 Å². The number of nitrogens with zero attached hydrogens (tertiary/aromatic N) is 2. The minimum atomic E-state index is -0.570. The number of hydrogen-bond acceptors (Lipinski definition) is 5. The van der Waals surface area contributed by atoms with Gasteiger partial charge in [0.1, 0.15) is 5.82 Å². The Morgan fingerprint density at radius 2 is 2.21 bits per heavy atom. The fourth-order valence-electron chi connectivity index (χ4n) is 1.68. The van der Waals surface area contributed by atoms with Gasteiger partial charge < -0.3 is 16.8 Å². The molecule has 0 unspecified atom stereocenters. The highest BCUT2D eigenvalue weighted by Crippen LogP contribution is 2.15. The van der Waals surface area contributed by atoms with E-state index in [1.807, 2.05) is 25.1 Å². The smallest absolute Gasteiger partial charge is 0.252 e. The molecule has 0 spiro atoms. The first kappa shape index (κ1) is 12.8. The Morgan fingerprint density at radius 3 is 2.89 bits per heavy atom. The van der Waals surface area contributed by atoms with E-state index in [1.165, 1.54) is 12.3 Å². The van der Waals surface area contributed by atoms with Gasteiger partial charge in [-0.05, 0) is 25.1 Å². The number of pyridine rings is 2. The molecule has 2 aromatic rings. The van der Waals surface area contributed by atoms with Crippen molar-refractivity contribution in [3.05, 3.63) is 47.4 Å². The van der Waals surface area contributed by atoms with Crippen LogP contribution in [0.1, 0.15) is 21.7 Å². The van der Waals surface area contributed by atoms with E-state index in [-0.39, 0.29) is 5.56 Å². The van der Waals surface area contributed by atoms with Crippen molar-refractivity contribution < 1.29 is 4.79 Å². The first-order chi connectivity index (χ1) is 9.06. The van der Waals surface area contributed by atoms with Crippen LogP contribution < -0.4 is 16.8 Å². The lowest BCUT2D eigenvalue weighted by Crippen LogP contribution is -2.16. The molecule has 0 aliphatic heterocycles. The molecule has 0 radical (unpaired) electrons. The van der Waals surface area contributed by atoms with Crippen LogP contribution in [0.25, 0.3) is 0 Å². The van der Waals surface area contributed by atoms with Crippen molar-refractivity contribution in [3.63, 3.8) is 0 Å². The molecule has 2 heterocycles. The minimum Gasteiger partial charge on any atom is -0.397 e. The van der Waals surface area contributed by atoms with E-state index in [4.69, 9.17) is 11.5 Å². The molecule has 2 aromatic heterocycles. The Balaban J connectivity index is 2.17. The fourth-order valence-corrected chi connectivity index (χ4v) is 1.68. The average Bonchev–Trinajstić information content (AvgIpc) is 2.37. The number of hydrogen-bond donors (Lipinski definition) is 3. The zero-order valence-electron chi connectivity index (χ0n) is 10.6. The van der Waals surface area contributed by atoms with E-state index in [0.717, 1.165) is 11.4 Å². The van der Waals surface area contributed by atoms with Gasteiger partial charge in [0.2, 0.25) is 0 Å². The van der Waals surface area contributed by atoms with Gasteiger partial charge in [0.25, 0.3) is 5.91 Å². The summed E-state index contributed by atoms with van der Waals surface area (Å²) in [7, 11) is 0. The van der Waals surface area contributed by atoms with Crippen LogP contribution in [-0.2, 0) is 6.54 Å². The number of carbonyl (C=O) groups excluding carboxylic acids is 1. The molecule has 19 heavy (non-hydrogen) atoms. The number of carbonyl (C=O) groups is 1. The first-order valence-electron chi connectivity index (χ1n) is 5.78. The lowest BCUT2D eigenvalue weighted by Gasteiger charge is -2.09. The molecule has 0 atom stereocenters. The molecule has 5 N–H and O–H groups in total. The number of aromatic nitrogens is 2. The number of nitrogen functional groups attached to an aromatic ring is 1. The Bertz CT molecular complexity index is 612. The molecular weight excluding hydrogens is 242 g/mol. The molecule has 0 bridgehead atoms. The van der Waals surface area contributed by atoms with Crippen molar-refractivity contribution in [3.8, 4) is 0 Å². The van der Waals surface area contributed by atoms with Gasteiger partial charge in [-0.15, -0.1) is 0 Å². The second-order valence-electron chi connectivity index (χ2n) is 4.15. The number of anilines is 2. The number of rotatable bonds is 4. The van der Waals surface area contributed by atoms with E-state index < -0.39 is 5.91 Å². The average molecular weight is 257 g/mol. The van der Waals surface area contributed by atoms with Crippen molar-refractivity contribution in [2.75, 3.05) is 11.1 Å². The topological polar surface area (TPSA) is 107 Å². The maximum Gasteiger partial charge on any atom is 0.252 e. The summed E-state index contributed by atoms with van der Waals surface area (Å²) in [5.74, 6) is -0.162. The third-order valence-corrected chi connectivity index (χ3v) is 2.56. The van der Waals surface area contributed by atoms with Crippen LogP contribution >= 0.6 is 0 Å². The van der Waals surface area contributed by atoms with Gasteiger partial charge in [0.15, 0.2) is 0 Å². The molecule has 98 valence electrons. The van der Waals surface area contributed by atoms with Gasteiger partial charge in [0, 0.05) is 5.69 Å². The van der Waals surface area contributed by atoms with Crippen LogP contribution in [0.5, 0.6) is 0 Å². The third-order valence-electron chi connectivity index (χ3n) is 2.56. The van der Waals surface area contributed by atoms with Crippen LogP contribution in [0, 0.1) is 6.92 Å². The van der Waals surface area contributed by atoms with E-state index in [1.54, 1.807) is 0 Å². The summed E-state index contributed by atoms with van der Waals surface area (Å²) in [6.07, 6.45) is 1.47. The summed E-state index contributed by atoms with van der Waals surface area (Å²) in [4.78, 5) is 19.7. The minimum absolute atomic E-state index is 0.271. The number of aryl methyl sites for hydroxylation is 1. The predicted molar refractivity (Wildman–Crippen MR) is 73.5 cm³/mol. The van der Waals surface area contributed by atoms with E-state index >= 15 is 0 Å². The van der Waals surface area contributed by atoms with E-state index in [9.17, 15) is 4.79 Å². The van der Waals surface area contributed by atoms with Crippen molar-refractivity contribution in [2.24, 2.45) is 5.73 Å². The maximum atomic E-state index is 11.3.